The molecule has 0 bridgehead atoms. The number of carbonyl (C=O) groups is 1. The second-order valence-electron chi connectivity index (χ2n) is 8.34. The Morgan fingerprint density at radius 3 is 2.81 bits per heavy atom. The number of hydrogen-bond acceptors (Lipinski definition) is 4. The maximum Gasteiger partial charge on any atom is 0.221 e. The number of hydrogen-bond donors (Lipinski definition) is 3. The number of nitrogens with zero attached hydrogens (tertiary/aromatic N) is 1. The van der Waals surface area contributed by atoms with Crippen LogP contribution in [0.25, 0.3) is 10.9 Å². The van der Waals surface area contributed by atoms with Crippen molar-refractivity contribution in [1.82, 2.24) is 15.2 Å². The van der Waals surface area contributed by atoms with Gasteiger partial charge in [-0.05, 0) is 69.9 Å². The summed E-state index contributed by atoms with van der Waals surface area (Å²) >= 11 is 0. The molecule has 0 atom stereocenters. The van der Waals surface area contributed by atoms with Crippen LogP contribution in [-0.2, 0) is 9.53 Å². The van der Waals surface area contributed by atoms with Crippen LogP contribution in [-0.4, -0.2) is 42.5 Å². The normalized spacial score (nSPS) is 18.1. The third-order valence-corrected chi connectivity index (χ3v) is 5.98. The van der Waals surface area contributed by atoms with Gasteiger partial charge < -0.3 is 25.3 Å². The van der Waals surface area contributed by atoms with E-state index in [2.05, 4.69) is 58.0 Å². The predicted octanol–water partition coefficient (Wildman–Crippen LogP) is 4.62. The topological polar surface area (TPSA) is 69.4 Å². The summed E-state index contributed by atoms with van der Waals surface area (Å²) in [5, 5.41) is 7.68. The number of allylic oxidation sites excluding steroid dienone is 3. The molecule has 1 fully saturated rings. The van der Waals surface area contributed by atoms with E-state index >= 15 is 0 Å². The quantitative estimate of drug-likeness (QED) is 0.638. The highest BCUT2D eigenvalue weighted by molar-refractivity contribution is 5.87. The molecule has 0 spiro atoms. The molecule has 3 N–H and O–H groups in total. The van der Waals surface area contributed by atoms with E-state index in [1.54, 1.807) is 0 Å². The van der Waals surface area contributed by atoms with Gasteiger partial charge in [0.2, 0.25) is 5.91 Å². The van der Waals surface area contributed by atoms with Crippen molar-refractivity contribution in [1.29, 1.82) is 0 Å². The van der Waals surface area contributed by atoms with Crippen molar-refractivity contribution in [3.8, 4) is 0 Å². The molecule has 1 amide bonds. The summed E-state index contributed by atoms with van der Waals surface area (Å²) in [6.07, 6.45) is 11.3. The van der Waals surface area contributed by atoms with E-state index in [4.69, 9.17) is 4.74 Å². The van der Waals surface area contributed by atoms with Crippen LogP contribution in [0.2, 0.25) is 0 Å². The number of amides is 1. The molecule has 1 aromatic heterocycles. The zero-order chi connectivity index (χ0) is 21.8. The maximum atomic E-state index is 11.5. The van der Waals surface area contributed by atoms with Crippen LogP contribution in [0.4, 0.5) is 5.69 Å². The number of nitrogens with one attached hydrogen (secondary N) is 3. The summed E-state index contributed by atoms with van der Waals surface area (Å²) < 4.78 is 5.78. The molecule has 1 aliphatic heterocycles. The molecule has 0 saturated carbocycles. The summed E-state index contributed by atoms with van der Waals surface area (Å²) in [7, 11) is 2.20. The number of aromatic amines is 1. The van der Waals surface area contributed by atoms with Crippen molar-refractivity contribution >= 4 is 22.5 Å². The molecule has 1 saturated heterocycles. The fourth-order valence-electron chi connectivity index (χ4n) is 4.40. The highest BCUT2D eigenvalue weighted by atomic mass is 16.5. The molecule has 6 nitrogen and oxygen atoms in total. The minimum atomic E-state index is -0.106. The number of rotatable bonds is 6. The van der Waals surface area contributed by atoms with E-state index < -0.39 is 0 Å². The molecule has 6 heteroatoms. The summed E-state index contributed by atoms with van der Waals surface area (Å²) in [5.74, 6) is 1.19. The van der Waals surface area contributed by atoms with E-state index in [0.717, 1.165) is 30.0 Å². The molecule has 4 rings (SSSR count). The zero-order valence-corrected chi connectivity index (χ0v) is 18.6. The number of fused-ring (bicyclic) bond motifs is 1. The Morgan fingerprint density at radius 1 is 1.26 bits per heavy atom. The Labute approximate surface area is 184 Å². The second kappa shape index (κ2) is 9.43. The molecule has 0 unspecified atom stereocenters. The van der Waals surface area contributed by atoms with Crippen LogP contribution in [0, 0.1) is 0 Å². The van der Waals surface area contributed by atoms with E-state index in [1.165, 1.54) is 30.7 Å². The summed E-state index contributed by atoms with van der Waals surface area (Å²) in [4.78, 5) is 17.4. The van der Waals surface area contributed by atoms with E-state index in [1.807, 2.05) is 19.1 Å². The van der Waals surface area contributed by atoms with Gasteiger partial charge in [0.15, 0.2) is 0 Å². The van der Waals surface area contributed by atoms with Crippen LogP contribution < -0.4 is 10.6 Å². The molecule has 1 aromatic carbocycles. The minimum absolute atomic E-state index is 0.106. The first-order valence-electron chi connectivity index (χ1n) is 11.1. The number of piperidine rings is 1. The number of anilines is 1. The van der Waals surface area contributed by atoms with E-state index in [0.29, 0.717) is 30.4 Å². The average Bonchev–Trinajstić information content (AvgIpc) is 3.07. The molecule has 164 valence electrons. The van der Waals surface area contributed by atoms with Crippen LogP contribution in [0.3, 0.4) is 0 Å². The number of H-pyrrole nitrogens is 1. The molecule has 2 aliphatic rings. The van der Waals surface area contributed by atoms with Crippen molar-refractivity contribution in [2.75, 3.05) is 32.1 Å². The Kier molecular flexibility index (Phi) is 6.47. The Morgan fingerprint density at radius 2 is 2.06 bits per heavy atom. The van der Waals surface area contributed by atoms with Gasteiger partial charge in [-0.15, -0.1) is 0 Å². The van der Waals surface area contributed by atoms with Gasteiger partial charge in [-0.1, -0.05) is 18.2 Å². The lowest BCUT2D eigenvalue weighted by molar-refractivity contribution is -0.118. The first kappa shape index (κ1) is 21.2. The van der Waals surface area contributed by atoms with Gasteiger partial charge in [0.05, 0.1) is 12.3 Å². The lowest BCUT2D eigenvalue weighted by atomic mass is 9.89. The zero-order valence-electron chi connectivity index (χ0n) is 18.6. The van der Waals surface area contributed by atoms with Gasteiger partial charge in [-0.3, -0.25) is 4.79 Å². The largest absolute Gasteiger partial charge is 0.492 e. The molecular formula is C25H32N4O2. The second-order valence-corrected chi connectivity index (χ2v) is 8.34. The van der Waals surface area contributed by atoms with Crippen molar-refractivity contribution in [2.24, 2.45) is 0 Å². The van der Waals surface area contributed by atoms with Gasteiger partial charge in [-0.2, -0.15) is 0 Å². The highest BCUT2D eigenvalue weighted by Gasteiger charge is 2.21. The van der Waals surface area contributed by atoms with E-state index in [9.17, 15) is 4.79 Å². The molecule has 1 aliphatic carbocycles. The first-order valence-corrected chi connectivity index (χ1v) is 11.1. The van der Waals surface area contributed by atoms with Crippen LogP contribution in [0.5, 0.6) is 0 Å². The van der Waals surface area contributed by atoms with Gasteiger partial charge >= 0.3 is 0 Å². The molecule has 31 heavy (non-hydrogen) atoms. The molecule has 2 aromatic rings. The number of ether oxygens (including phenoxy) is 1. The number of aromatic nitrogens is 1. The SMILES string of the molecule is CCOC1=CC(Nc2ccc3c(C4CCN(C)CC4)c[nH]c3c2)=CCC=C1NC(C)=O. The molecule has 2 heterocycles. The van der Waals surface area contributed by atoms with Gasteiger partial charge in [0.1, 0.15) is 5.76 Å². The standard InChI is InChI=1S/C25H32N4O2/c1-4-31-25-15-19(6-5-7-23(25)27-17(2)30)28-20-8-9-21-22(16-26-24(21)14-20)18-10-12-29(3)13-11-18/h6-9,14-16,18,26,28H,4-5,10-13H2,1-3H3,(H,27,30). The number of benzene rings is 1. The van der Waals surface area contributed by atoms with Crippen LogP contribution in [0.15, 0.2) is 59.8 Å². The van der Waals surface area contributed by atoms with Crippen molar-refractivity contribution in [3.05, 3.63) is 65.3 Å². The lowest BCUT2D eigenvalue weighted by Gasteiger charge is -2.28. The Bertz CT molecular complexity index is 1040. The lowest BCUT2D eigenvalue weighted by Crippen LogP contribution is -2.29. The third kappa shape index (κ3) is 5.02. The smallest absolute Gasteiger partial charge is 0.221 e. The van der Waals surface area contributed by atoms with Crippen molar-refractivity contribution < 1.29 is 9.53 Å². The molecule has 0 radical (unpaired) electrons. The van der Waals surface area contributed by atoms with Gasteiger partial charge in [-0.25, -0.2) is 0 Å². The average molecular weight is 421 g/mol. The number of likely N-dealkylation sites (tertiary alicyclic amines) is 1. The highest BCUT2D eigenvalue weighted by Crippen LogP contribution is 2.34. The fourth-order valence-corrected chi connectivity index (χ4v) is 4.40. The Balaban J connectivity index is 1.52. The first-order chi connectivity index (χ1) is 15.0. The minimum Gasteiger partial charge on any atom is -0.492 e. The third-order valence-electron chi connectivity index (χ3n) is 5.98. The van der Waals surface area contributed by atoms with Gasteiger partial charge in [0.25, 0.3) is 0 Å². The van der Waals surface area contributed by atoms with Crippen LogP contribution in [0.1, 0.15) is 44.6 Å². The van der Waals surface area contributed by atoms with Crippen molar-refractivity contribution in [3.63, 3.8) is 0 Å². The monoisotopic (exact) mass is 420 g/mol. The summed E-state index contributed by atoms with van der Waals surface area (Å²) in [6, 6.07) is 6.51. The van der Waals surface area contributed by atoms with Crippen molar-refractivity contribution in [2.45, 2.75) is 39.0 Å². The maximum absolute atomic E-state index is 11.5. The van der Waals surface area contributed by atoms with Crippen LogP contribution >= 0.6 is 0 Å². The van der Waals surface area contributed by atoms with E-state index in [-0.39, 0.29) is 5.91 Å². The summed E-state index contributed by atoms with van der Waals surface area (Å²) in [6.45, 7) is 6.30. The number of carbonyl (C=O) groups excluding carboxylic acids is 1. The molecular weight excluding hydrogens is 388 g/mol. The predicted molar refractivity (Wildman–Crippen MR) is 126 cm³/mol. The Hall–Kier alpha value is -2.99. The fraction of sp³-hybridized carbons (Fsp3) is 0.400. The van der Waals surface area contributed by atoms with Gasteiger partial charge in [0, 0.05) is 41.5 Å². The summed E-state index contributed by atoms with van der Waals surface area (Å²) in [5.41, 5.74) is 5.27.